The number of Topliss-reactive ketones (excluding diaryl/α,β-unsaturated/α-hetero) is 3. The van der Waals surface area contributed by atoms with Crippen LogP contribution in [0, 0.1) is 34.0 Å². The number of piperidine rings is 1. The van der Waals surface area contributed by atoms with Gasteiger partial charge in [-0.15, -0.1) is 0 Å². The molecule has 2 spiro atoms. The van der Waals surface area contributed by atoms with Crippen LogP contribution in [0.5, 0.6) is 0 Å². The van der Waals surface area contributed by atoms with Gasteiger partial charge in [0.1, 0.15) is 11.9 Å². The number of carbonyl (C=O) groups is 4. The highest BCUT2D eigenvalue weighted by atomic mass is 16.5. The maximum Gasteiger partial charge on any atom is 0.302 e. The molecule has 7 fully saturated rings. The van der Waals surface area contributed by atoms with Crippen molar-refractivity contribution in [2.75, 3.05) is 13.6 Å². The van der Waals surface area contributed by atoms with Gasteiger partial charge in [0.15, 0.2) is 0 Å². The van der Waals surface area contributed by atoms with E-state index in [1.165, 1.54) is 6.92 Å². The molecule has 9 atom stereocenters. The lowest BCUT2D eigenvalue weighted by atomic mass is 9.37. The molecule has 7 nitrogen and oxygen atoms in total. The molecule has 0 aromatic heterocycles. The minimum Gasteiger partial charge on any atom is -0.463 e. The summed E-state index contributed by atoms with van der Waals surface area (Å²) in [5.41, 5.74) is -3.84. The molecule has 6 aliphatic carbocycles. The SMILES string of the molecule is C=C1C[C@]23C(=O)C(=O)[C@@H]4[C@@]5(C)C[C@H](OC(C)=O)C[C@]46[C@@H]([C@H]2C(=O)[C@H]1C[C@@]63O)N(C)C5. The first-order valence-electron chi connectivity index (χ1n) is 10.8. The highest BCUT2D eigenvalue weighted by Gasteiger charge is 2.92. The molecule has 7 heteroatoms. The van der Waals surface area contributed by atoms with Crippen LogP contribution in [0.2, 0.25) is 0 Å². The topological polar surface area (TPSA) is 101 Å². The van der Waals surface area contributed by atoms with Crippen LogP contribution in [0.25, 0.3) is 0 Å². The lowest BCUT2D eigenvalue weighted by molar-refractivity contribution is -0.260. The van der Waals surface area contributed by atoms with E-state index in [1.54, 1.807) is 0 Å². The molecule has 0 unspecified atom stereocenters. The summed E-state index contributed by atoms with van der Waals surface area (Å²) in [6, 6.07) is -0.417. The largest absolute Gasteiger partial charge is 0.463 e. The number of fused-ring (bicyclic) bond motifs is 1. The number of esters is 1. The summed E-state index contributed by atoms with van der Waals surface area (Å²) < 4.78 is 5.65. The Kier molecular flexibility index (Phi) is 3.12. The third-order valence-electron chi connectivity index (χ3n) is 9.81. The Bertz CT molecular complexity index is 988. The van der Waals surface area contributed by atoms with E-state index in [-0.39, 0.29) is 18.6 Å². The van der Waals surface area contributed by atoms with Crippen molar-refractivity contribution in [3.8, 4) is 0 Å². The maximum absolute atomic E-state index is 13.7. The van der Waals surface area contributed by atoms with Crippen molar-refractivity contribution < 1.29 is 29.0 Å². The number of hydrogen-bond acceptors (Lipinski definition) is 7. The molecule has 0 aromatic carbocycles. The van der Waals surface area contributed by atoms with Gasteiger partial charge in [-0.3, -0.25) is 19.2 Å². The molecule has 0 radical (unpaired) electrons. The Morgan fingerprint density at radius 1 is 1.23 bits per heavy atom. The van der Waals surface area contributed by atoms with E-state index >= 15 is 0 Å². The molecule has 160 valence electrons. The van der Waals surface area contributed by atoms with Gasteiger partial charge in [-0.25, -0.2) is 0 Å². The highest BCUT2D eigenvalue weighted by molar-refractivity contribution is 6.43. The average Bonchev–Trinajstić information content (AvgIpc) is 2.71. The fraction of sp³-hybridized carbons (Fsp3) is 0.739. The Morgan fingerprint density at radius 2 is 1.93 bits per heavy atom. The first kappa shape index (κ1) is 18.9. The number of ether oxygens (including phenoxy) is 1. The van der Waals surface area contributed by atoms with Gasteiger partial charge in [0.05, 0.1) is 16.9 Å². The van der Waals surface area contributed by atoms with Crippen molar-refractivity contribution in [2.24, 2.45) is 34.0 Å². The van der Waals surface area contributed by atoms with Crippen LogP contribution in [0.1, 0.15) is 39.5 Å². The number of nitrogens with zero attached hydrogens (tertiary/aromatic N) is 1. The van der Waals surface area contributed by atoms with Crippen molar-refractivity contribution in [1.82, 2.24) is 4.90 Å². The van der Waals surface area contributed by atoms with Gasteiger partial charge in [-0.2, -0.15) is 0 Å². The fourth-order valence-electron chi connectivity index (χ4n) is 9.58. The third-order valence-corrected chi connectivity index (χ3v) is 9.81. The van der Waals surface area contributed by atoms with Gasteiger partial charge >= 0.3 is 5.97 Å². The zero-order chi connectivity index (χ0) is 21.6. The van der Waals surface area contributed by atoms with E-state index in [0.29, 0.717) is 25.0 Å². The molecule has 1 saturated heterocycles. The van der Waals surface area contributed by atoms with Crippen LogP contribution in [0.4, 0.5) is 0 Å². The molecule has 7 rings (SSSR count). The number of hydrogen-bond donors (Lipinski definition) is 1. The van der Waals surface area contributed by atoms with E-state index in [0.717, 1.165) is 0 Å². The van der Waals surface area contributed by atoms with Crippen molar-refractivity contribution in [2.45, 2.75) is 57.3 Å². The van der Waals surface area contributed by atoms with Gasteiger partial charge in [-0.1, -0.05) is 19.1 Å². The van der Waals surface area contributed by atoms with Crippen LogP contribution >= 0.6 is 0 Å². The molecular weight excluding hydrogens is 386 g/mol. The molecule has 0 amide bonds. The van der Waals surface area contributed by atoms with Gasteiger partial charge in [-0.05, 0) is 38.1 Å². The molecule has 6 bridgehead atoms. The number of rotatable bonds is 1. The van der Waals surface area contributed by atoms with E-state index < -0.39 is 69.3 Å². The molecule has 1 heterocycles. The normalized spacial score (nSPS) is 55.8. The molecule has 1 N–H and O–H groups in total. The van der Waals surface area contributed by atoms with Crippen LogP contribution in [-0.4, -0.2) is 64.7 Å². The summed E-state index contributed by atoms with van der Waals surface area (Å²) in [6.45, 7) is 7.90. The van der Waals surface area contributed by atoms with E-state index in [1.807, 2.05) is 14.0 Å². The quantitative estimate of drug-likeness (QED) is 0.383. The molecule has 30 heavy (non-hydrogen) atoms. The molecule has 7 aliphatic rings. The lowest BCUT2D eigenvalue weighted by Gasteiger charge is -2.69. The van der Waals surface area contributed by atoms with E-state index in [9.17, 15) is 24.3 Å². The number of likely N-dealkylation sites (tertiary alicyclic amines) is 1. The standard InChI is InChI=1S/C23H27NO6/c1-10-5-21-14-15(26)13(10)8-23(21,29)22-7-12(30-11(2)25)6-20(3,9-24(4)18(14)22)17(22)16(27)19(21)28/h12-14,17-18,29H,1,5-9H2,2-4H3/t12-,13-,14+,17+,18+,20-,21+,22+,23-/m0/s1. The van der Waals surface area contributed by atoms with Crippen molar-refractivity contribution >= 4 is 23.3 Å². The van der Waals surface area contributed by atoms with Crippen molar-refractivity contribution in [3.63, 3.8) is 0 Å². The van der Waals surface area contributed by atoms with Gasteiger partial charge < -0.3 is 14.7 Å². The predicted molar refractivity (Wildman–Crippen MR) is 103 cm³/mol. The smallest absolute Gasteiger partial charge is 0.302 e. The number of ketones is 3. The van der Waals surface area contributed by atoms with E-state index in [4.69, 9.17) is 4.74 Å². The lowest BCUT2D eigenvalue weighted by Crippen LogP contribution is -2.79. The number of aliphatic hydroxyl groups is 1. The van der Waals surface area contributed by atoms with Gasteiger partial charge in [0.2, 0.25) is 11.6 Å². The minimum absolute atomic E-state index is 0.0512. The summed E-state index contributed by atoms with van der Waals surface area (Å²) in [7, 11) is 1.94. The Morgan fingerprint density at radius 3 is 2.60 bits per heavy atom. The summed E-state index contributed by atoms with van der Waals surface area (Å²) >= 11 is 0. The monoisotopic (exact) mass is 413 g/mol. The average molecular weight is 413 g/mol. The summed E-state index contributed by atoms with van der Waals surface area (Å²) in [6.07, 6.45) is 0.667. The zero-order valence-corrected chi connectivity index (χ0v) is 17.6. The molecular formula is C23H27NO6. The van der Waals surface area contributed by atoms with Gasteiger partial charge in [0, 0.05) is 36.8 Å². The summed E-state index contributed by atoms with van der Waals surface area (Å²) in [4.78, 5) is 54.9. The summed E-state index contributed by atoms with van der Waals surface area (Å²) in [5, 5.41) is 12.5. The first-order valence-corrected chi connectivity index (χ1v) is 10.8. The Labute approximate surface area is 174 Å². The maximum atomic E-state index is 13.7. The van der Waals surface area contributed by atoms with Crippen LogP contribution < -0.4 is 0 Å². The predicted octanol–water partition coefficient (Wildman–Crippen LogP) is 0.683. The summed E-state index contributed by atoms with van der Waals surface area (Å²) in [5.74, 6) is -3.30. The Balaban J connectivity index is 1.68. The molecule has 6 saturated carbocycles. The van der Waals surface area contributed by atoms with Crippen LogP contribution in [0.15, 0.2) is 12.2 Å². The zero-order valence-electron chi connectivity index (χ0n) is 17.6. The Hall–Kier alpha value is -1.86. The second-order valence-corrected chi connectivity index (χ2v) is 11.1. The number of carbonyl (C=O) groups excluding carboxylic acids is 4. The van der Waals surface area contributed by atoms with Crippen molar-refractivity contribution in [3.05, 3.63) is 12.2 Å². The molecule has 0 aromatic rings. The van der Waals surface area contributed by atoms with Crippen LogP contribution in [-0.2, 0) is 23.9 Å². The van der Waals surface area contributed by atoms with Crippen molar-refractivity contribution in [1.29, 1.82) is 0 Å². The van der Waals surface area contributed by atoms with E-state index in [2.05, 4.69) is 11.5 Å². The first-order chi connectivity index (χ1) is 13.9. The second kappa shape index (κ2) is 4.96. The minimum atomic E-state index is -1.47. The second-order valence-electron chi connectivity index (χ2n) is 11.1. The fourth-order valence-corrected chi connectivity index (χ4v) is 9.58. The molecule has 1 aliphatic heterocycles. The van der Waals surface area contributed by atoms with Gasteiger partial charge in [0.25, 0.3) is 0 Å². The third kappa shape index (κ3) is 1.55. The highest BCUT2D eigenvalue weighted by Crippen LogP contribution is 2.81. The van der Waals surface area contributed by atoms with Crippen LogP contribution in [0.3, 0.4) is 0 Å². The number of allylic oxidation sites excluding steroid dienone is 1.